The van der Waals surface area contributed by atoms with Gasteiger partial charge in [0.15, 0.2) is 0 Å². The lowest BCUT2D eigenvalue weighted by molar-refractivity contribution is 0.101. The van der Waals surface area contributed by atoms with Crippen LogP contribution in [0.4, 0.5) is 13.8 Å². The smallest absolute Gasteiger partial charge is 0.262 e. The van der Waals surface area contributed by atoms with Gasteiger partial charge in [-0.1, -0.05) is 36.4 Å². The lowest BCUT2D eigenvalue weighted by Gasteiger charge is -2.26. The molecule has 4 nitrogen and oxygen atoms in total. The number of nitrogens with one attached hydrogen (secondary N) is 1. The molecule has 1 aromatic heterocycles. The molecule has 2 aromatic carbocycles. The van der Waals surface area contributed by atoms with Crippen LogP contribution in [-0.2, 0) is 19.5 Å². The van der Waals surface area contributed by atoms with E-state index in [0.717, 1.165) is 35.7 Å². The first kappa shape index (κ1) is 19.2. The monoisotopic (exact) mass is 409 g/mol. The third-order valence-corrected chi connectivity index (χ3v) is 6.05. The summed E-state index contributed by atoms with van der Waals surface area (Å²) in [7, 11) is 0. The Balaban J connectivity index is 1.56. The fraction of sp³-hybridized carbons (Fsp3) is 0.182. The van der Waals surface area contributed by atoms with Crippen molar-refractivity contribution in [2.45, 2.75) is 19.5 Å². The number of amides is 1. The van der Waals surface area contributed by atoms with Gasteiger partial charge in [0.2, 0.25) is 0 Å². The summed E-state index contributed by atoms with van der Waals surface area (Å²) in [5.74, 6) is -2.76. The summed E-state index contributed by atoms with van der Waals surface area (Å²) in [4.78, 5) is 15.7. The maximum Gasteiger partial charge on any atom is 0.262 e. The second-order valence-corrected chi connectivity index (χ2v) is 7.92. The third kappa shape index (κ3) is 3.90. The number of carbonyl (C=O) groups excluding carboxylic acids is 1. The number of rotatable bonds is 4. The third-order valence-electron chi connectivity index (χ3n) is 4.91. The number of thiophene rings is 1. The Kier molecular flexibility index (Phi) is 5.38. The molecule has 1 N–H and O–H groups in total. The van der Waals surface area contributed by atoms with Crippen molar-refractivity contribution in [1.29, 1.82) is 5.26 Å². The van der Waals surface area contributed by atoms with Crippen molar-refractivity contribution in [2.75, 3.05) is 11.9 Å². The molecule has 1 aliphatic rings. The SMILES string of the molecule is N#Cc1c(NC(=O)c2c(F)cccc2F)sc2c1CCN(Cc1ccccc1)C2. The minimum Gasteiger partial charge on any atom is -0.312 e. The summed E-state index contributed by atoms with van der Waals surface area (Å²) >= 11 is 1.29. The molecule has 0 spiro atoms. The number of fused-ring (bicyclic) bond motifs is 1. The zero-order chi connectivity index (χ0) is 20.4. The molecule has 0 atom stereocenters. The van der Waals surface area contributed by atoms with E-state index >= 15 is 0 Å². The van der Waals surface area contributed by atoms with Gasteiger partial charge in [0.1, 0.15) is 28.3 Å². The number of hydrogen-bond acceptors (Lipinski definition) is 4. The van der Waals surface area contributed by atoms with Crippen molar-refractivity contribution >= 4 is 22.2 Å². The van der Waals surface area contributed by atoms with Crippen LogP contribution in [0.3, 0.4) is 0 Å². The van der Waals surface area contributed by atoms with Gasteiger partial charge in [-0.15, -0.1) is 11.3 Å². The van der Waals surface area contributed by atoms with E-state index in [-0.39, 0.29) is 0 Å². The number of nitrogens with zero attached hydrogens (tertiary/aromatic N) is 2. The van der Waals surface area contributed by atoms with Crippen LogP contribution >= 0.6 is 11.3 Å². The zero-order valence-corrected chi connectivity index (χ0v) is 16.2. The van der Waals surface area contributed by atoms with Gasteiger partial charge in [-0.2, -0.15) is 5.26 Å². The topological polar surface area (TPSA) is 56.1 Å². The lowest BCUT2D eigenvalue weighted by atomic mass is 10.0. The Morgan fingerprint density at radius 2 is 1.86 bits per heavy atom. The van der Waals surface area contributed by atoms with Crippen LogP contribution < -0.4 is 5.32 Å². The van der Waals surface area contributed by atoms with Crippen LogP contribution in [-0.4, -0.2) is 17.4 Å². The molecule has 1 amide bonds. The summed E-state index contributed by atoms with van der Waals surface area (Å²) < 4.78 is 27.8. The Morgan fingerprint density at radius 3 is 2.55 bits per heavy atom. The molecule has 1 aliphatic heterocycles. The van der Waals surface area contributed by atoms with E-state index in [4.69, 9.17) is 0 Å². The Labute approximate surface area is 171 Å². The van der Waals surface area contributed by atoms with E-state index in [1.807, 2.05) is 18.2 Å². The average Bonchev–Trinajstić information content (AvgIpc) is 3.04. The molecule has 146 valence electrons. The molecule has 29 heavy (non-hydrogen) atoms. The van der Waals surface area contributed by atoms with Gasteiger partial charge in [0, 0.05) is 24.5 Å². The summed E-state index contributed by atoms with van der Waals surface area (Å²) in [6.45, 7) is 2.25. The summed E-state index contributed by atoms with van der Waals surface area (Å²) in [5.41, 5.74) is 1.85. The second-order valence-electron chi connectivity index (χ2n) is 6.82. The highest BCUT2D eigenvalue weighted by Crippen LogP contribution is 2.37. The van der Waals surface area contributed by atoms with Crippen molar-refractivity contribution in [3.05, 3.63) is 87.3 Å². The first-order chi connectivity index (χ1) is 14.1. The fourth-order valence-electron chi connectivity index (χ4n) is 3.52. The number of carbonyl (C=O) groups is 1. The molecular formula is C22H17F2N3OS. The first-order valence-electron chi connectivity index (χ1n) is 9.13. The highest BCUT2D eigenvalue weighted by Gasteiger charge is 2.26. The maximum atomic E-state index is 13.9. The molecule has 4 rings (SSSR count). The van der Waals surface area contributed by atoms with Crippen LogP contribution in [0.25, 0.3) is 0 Å². The van der Waals surface area contributed by atoms with Crippen LogP contribution in [0.2, 0.25) is 0 Å². The maximum absolute atomic E-state index is 13.9. The number of nitriles is 1. The number of benzene rings is 2. The van der Waals surface area contributed by atoms with Gasteiger partial charge < -0.3 is 5.32 Å². The zero-order valence-electron chi connectivity index (χ0n) is 15.4. The predicted octanol–water partition coefficient (Wildman–Crippen LogP) is 4.71. The van der Waals surface area contributed by atoms with Crippen LogP contribution in [0.15, 0.2) is 48.5 Å². The molecule has 2 heterocycles. The normalized spacial score (nSPS) is 13.6. The van der Waals surface area contributed by atoms with E-state index in [2.05, 4.69) is 28.4 Å². The van der Waals surface area contributed by atoms with Gasteiger partial charge in [-0.3, -0.25) is 9.69 Å². The number of halogens is 2. The molecule has 0 radical (unpaired) electrons. The fourth-order valence-corrected chi connectivity index (χ4v) is 4.76. The lowest BCUT2D eigenvalue weighted by Crippen LogP contribution is -2.29. The molecule has 7 heteroatoms. The molecular weight excluding hydrogens is 392 g/mol. The number of anilines is 1. The van der Waals surface area contributed by atoms with Crippen molar-refractivity contribution in [2.24, 2.45) is 0 Å². The average molecular weight is 409 g/mol. The molecule has 0 saturated carbocycles. The number of hydrogen-bond donors (Lipinski definition) is 1. The summed E-state index contributed by atoms with van der Waals surface area (Å²) in [6, 6.07) is 15.5. The Hall–Kier alpha value is -3.08. The molecule has 0 fully saturated rings. The second kappa shape index (κ2) is 8.11. The van der Waals surface area contributed by atoms with Crippen LogP contribution in [0.5, 0.6) is 0 Å². The molecule has 0 saturated heterocycles. The minimum absolute atomic E-state index is 0.340. The van der Waals surface area contributed by atoms with E-state index in [9.17, 15) is 18.8 Å². The summed E-state index contributed by atoms with van der Waals surface area (Å²) in [5, 5.41) is 12.5. The Bertz CT molecular complexity index is 1080. The van der Waals surface area contributed by atoms with Crippen molar-refractivity contribution in [3.8, 4) is 6.07 Å². The van der Waals surface area contributed by atoms with Crippen molar-refractivity contribution in [3.63, 3.8) is 0 Å². The standard InChI is InChI=1S/C22H17F2N3OS/c23-17-7-4-8-18(24)20(17)21(28)26-22-16(11-25)15-9-10-27(13-19(15)29-22)12-14-5-2-1-3-6-14/h1-8H,9-10,12-13H2,(H,26,28). The molecule has 3 aromatic rings. The first-order valence-corrected chi connectivity index (χ1v) is 9.94. The van der Waals surface area contributed by atoms with E-state index in [1.165, 1.54) is 23.0 Å². The van der Waals surface area contributed by atoms with Crippen molar-refractivity contribution in [1.82, 2.24) is 4.90 Å². The van der Waals surface area contributed by atoms with Gasteiger partial charge in [-0.05, 0) is 29.7 Å². The minimum atomic E-state index is -0.934. The van der Waals surface area contributed by atoms with Gasteiger partial charge in [0.25, 0.3) is 5.91 Å². The van der Waals surface area contributed by atoms with E-state index in [1.54, 1.807) is 0 Å². The van der Waals surface area contributed by atoms with E-state index < -0.39 is 23.1 Å². The van der Waals surface area contributed by atoms with Gasteiger partial charge in [0.05, 0.1) is 5.56 Å². The van der Waals surface area contributed by atoms with E-state index in [0.29, 0.717) is 23.5 Å². The largest absolute Gasteiger partial charge is 0.312 e. The highest BCUT2D eigenvalue weighted by molar-refractivity contribution is 7.16. The van der Waals surface area contributed by atoms with Crippen LogP contribution in [0.1, 0.15) is 31.9 Å². The molecule has 0 bridgehead atoms. The van der Waals surface area contributed by atoms with Gasteiger partial charge >= 0.3 is 0 Å². The summed E-state index contributed by atoms with van der Waals surface area (Å²) in [6.07, 6.45) is 0.686. The predicted molar refractivity (Wildman–Crippen MR) is 108 cm³/mol. The van der Waals surface area contributed by atoms with Gasteiger partial charge in [-0.25, -0.2) is 8.78 Å². The molecule has 0 aliphatic carbocycles. The quantitative estimate of drug-likeness (QED) is 0.679. The molecule has 0 unspecified atom stereocenters. The van der Waals surface area contributed by atoms with Crippen LogP contribution in [0, 0.1) is 23.0 Å². The Morgan fingerprint density at radius 1 is 1.14 bits per heavy atom. The van der Waals surface area contributed by atoms with Crippen molar-refractivity contribution < 1.29 is 13.6 Å². The highest BCUT2D eigenvalue weighted by atomic mass is 32.1.